The van der Waals surface area contributed by atoms with Gasteiger partial charge in [-0.25, -0.2) is 9.67 Å². The summed E-state index contributed by atoms with van der Waals surface area (Å²) < 4.78 is 1.86. The van der Waals surface area contributed by atoms with E-state index in [1.807, 2.05) is 33.8 Å². The molecule has 1 aliphatic rings. The molecule has 2 heterocycles. The summed E-state index contributed by atoms with van der Waals surface area (Å²) >= 11 is 0. The first-order valence-corrected chi connectivity index (χ1v) is 7.69. The standard InChI is InChI=1S/C16H21N5O/c17-15-6-2-1-4-13(15)7-8-16(22)20-9-3-5-14(10-20)21-12-18-11-19-21/h1-2,4,6,11-12,14H,3,5,7-10,17H2. The third kappa shape index (κ3) is 3.27. The highest BCUT2D eigenvalue weighted by Crippen LogP contribution is 2.21. The number of anilines is 1. The number of piperidine rings is 1. The van der Waals surface area contributed by atoms with Crippen molar-refractivity contribution in [3.63, 3.8) is 0 Å². The Labute approximate surface area is 129 Å². The molecule has 116 valence electrons. The molecule has 1 unspecified atom stereocenters. The second kappa shape index (κ2) is 6.60. The van der Waals surface area contributed by atoms with Crippen LogP contribution in [0.3, 0.4) is 0 Å². The van der Waals surface area contributed by atoms with Crippen molar-refractivity contribution in [3.8, 4) is 0 Å². The highest BCUT2D eigenvalue weighted by molar-refractivity contribution is 5.76. The Kier molecular flexibility index (Phi) is 4.37. The Morgan fingerprint density at radius 3 is 3.00 bits per heavy atom. The predicted octanol–water partition coefficient (Wildman–Crippen LogP) is 1.66. The first-order valence-electron chi connectivity index (χ1n) is 7.69. The van der Waals surface area contributed by atoms with Gasteiger partial charge in [-0.3, -0.25) is 4.79 Å². The van der Waals surface area contributed by atoms with Gasteiger partial charge in [0.2, 0.25) is 5.91 Å². The number of aromatic nitrogens is 3. The topological polar surface area (TPSA) is 77.0 Å². The van der Waals surface area contributed by atoms with E-state index < -0.39 is 0 Å². The van der Waals surface area contributed by atoms with E-state index in [0.717, 1.165) is 30.6 Å². The van der Waals surface area contributed by atoms with Gasteiger partial charge in [-0.05, 0) is 30.9 Å². The number of aryl methyl sites for hydroxylation is 1. The van der Waals surface area contributed by atoms with E-state index >= 15 is 0 Å². The maximum absolute atomic E-state index is 12.4. The molecular weight excluding hydrogens is 278 g/mol. The molecule has 2 aromatic rings. The van der Waals surface area contributed by atoms with Crippen LogP contribution in [0.1, 0.15) is 30.9 Å². The Morgan fingerprint density at radius 2 is 2.23 bits per heavy atom. The molecule has 6 nitrogen and oxygen atoms in total. The van der Waals surface area contributed by atoms with Crippen LogP contribution in [-0.2, 0) is 11.2 Å². The van der Waals surface area contributed by atoms with E-state index in [1.165, 1.54) is 0 Å². The van der Waals surface area contributed by atoms with Crippen LogP contribution < -0.4 is 5.73 Å². The molecule has 1 amide bonds. The molecule has 1 saturated heterocycles. The number of nitrogen functional groups attached to an aromatic ring is 1. The van der Waals surface area contributed by atoms with Gasteiger partial charge in [-0.15, -0.1) is 0 Å². The van der Waals surface area contributed by atoms with Crippen molar-refractivity contribution in [1.29, 1.82) is 0 Å². The van der Waals surface area contributed by atoms with Crippen LogP contribution in [0.25, 0.3) is 0 Å². The molecule has 1 aromatic carbocycles. The second-order valence-electron chi connectivity index (χ2n) is 5.71. The van der Waals surface area contributed by atoms with Crippen LogP contribution >= 0.6 is 0 Å². The summed E-state index contributed by atoms with van der Waals surface area (Å²) in [7, 11) is 0. The number of nitrogens with zero attached hydrogens (tertiary/aromatic N) is 4. The lowest BCUT2D eigenvalue weighted by atomic mass is 10.0. The minimum atomic E-state index is 0.188. The SMILES string of the molecule is Nc1ccccc1CCC(=O)N1CCCC(n2cncn2)C1. The normalized spacial score (nSPS) is 18.4. The van der Waals surface area contributed by atoms with Gasteiger partial charge in [0.05, 0.1) is 6.04 Å². The minimum absolute atomic E-state index is 0.188. The van der Waals surface area contributed by atoms with Crippen molar-refractivity contribution in [3.05, 3.63) is 42.5 Å². The summed E-state index contributed by atoms with van der Waals surface area (Å²) in [6, 6.07) is 7.96. The highest BCUT2D eigenvalue weighted by Gasteiger charge is 2.24. The third-order valence-electron chi connectivity index (χ3n) is 4.22. The lowest BCUT2D eigenvalue weighted by Crippen LogP contribution is -2.41. The number of hydrogen-bond acceptors (Lipinski definition) is 4. The minimum Gasteiger partial charge on any atom is -0.399 e. The predicted molar refractivity (Wildman–Crippen MR) is 84.0 cm³/mol. The molecular formula is C16H21N5O. The monoisotopic (exact) mass is 299 g/mol. The molecule has 2 N–H and O–H groups in total. The fourth-order valence-corrected chi connectivity index (χ4v) is 2.96. The Hall–Kier alpha value is -2.37. The summed E-state index contributed by atoms with van der Waals surface area (Å²) in [6.07, 6.45) is 6.50. The number of carbonyl (C=O) groups excluding carboxylic acids is 1. The molecule has 3 rings (SSSR count). The lowest BCUT2D eigenvalue weighted by molar-refractivity contribution is -0.132. The maximum atomic E-state index is 12.4. The van der Waals surface area contributed by atoms with Crippen molar-refractivity contribution in [2.75, 3.05) is 18.8 Å². The number of carbonyl (C=O) groups is 1. The average molecular weight is 299 g/mol. The highest BCUT2D eigenvalue weighted by atomic mass is 16.2. The average Bonchev–Trinajstić information content (AvgIpc) is 3.08. The Bertz CT molecular complexity index is 625. The molecule has 1 fully saturated rings. The number of hydrogen-bond donors (Lipinski definition) is 1. The van der Waals surface area contributed by atoms with Gasteiger partial charge in [0.25, 0.3) is 0 Å². The van der Waals surface area contributed by atoms with E-state index in [-0.39, 0.29) is 11.9 Å². The first-order chi connectivity index (χ1) is 10.7. The summed E-state index contributed by atoms with van der Waals surface area (Å²) in [5.41, 5.74) is 7.73. The van der Waals surface area contributed by atoms with Crippen LogP contribution in [0.5, 0.6) is 0 Å². The molecule has 1 aromatic heterocycles. The lowest BCUT2D eigenvalue weighted by Gasteiger charge is -2.32. The molecule has 1 atom stereocenters. The summed E-state index contributed by atoms with van der Waals surface area (Å²) in [5.74, 6) is 0.188. The van der Waals surface area contributed by atoms with E-state index in [0.29, 0.717) is 19.4 Å². The van der Waals surface area contributed by atoms with Gasteiger partial charge >= 0.3 is 0 Å². The number of likely N-dealkylation sites (tertiary alicyclic amines) is 1. The first kappa shape index (κ1) is 14.6. The number of rotatable bonds is 4. The molecule has 0 radical (unpaired) electrons. The van der Waals surface area contributed by atoms with Gasteiger partial charge in [0.15, 0.2) is 0 Å². The van der Waals surface area contributed by atoms with Crippen LogP contribution in [0.4, 0.5) is 5.69 Å². The number of para-hydroxylation sites is 1. The second-order valence-corrected chi connectivity index (χ2v) is 5.71. The smallest absolute Gasteiger partial charge is 0.222 e. The summed E-state index contributed by atoms with van der Waals surface area (Å²) in [5, 5.41) is 4.19. The zero-order chi connectivity index (χ0) is 15.4. The van der Waals surface area contributed by atoms with Crippen LogP contribution in [0, 0.1) is 0 Å². The molecule has 22 heavy (non-hydrogen) atoms. The van der Waals surface area contributed by atoms with Crippen molar-refractivity contribution in [1.82, 2.24) is 19.7 Å². The largest absolute Gasteiger partial charge is 0.399 e. The zero-order valence-electron chi connectivity index (χ0n) is 12.6. The van der Waals surface area contributed by atoms with E-state index in [4.69, 9.17) is 5.73 Å². The number of benzene rings is 1. The fraction of sp³-hybridized carbons (Fsp3) is 0.438. The maximum Gasteiger partial charge on any atom is 0.222 e. The van der Waals surface area contributed by atoms with E-state index in [2.05, 4.69) is 10.1 Å². The van der Waals surface area contributed by atoms with Crippen molar-refractivity contribution in [2.24, 2.45) is 0 Å². The van der Waals surface area contributed by atoms with Gasteiger partial charge in [0, 0.05) is 25.2 Å². The van der Waals surface area contributed by atoms with Gasteiger partial charge in [-0.2, -0.15) is 5.10 Å². The third-order valence-corrected chi connectivity index (χ3v) is 4.22. The van der Waals surface area contributed by atoms with Gasteiger partial charge in [-0.1, -0.05) is 18.2 Å². The molecule has 0 bridgehead atoms. The van der Waals surface area contributed by atoms with Crippen LogP contribution in [0.2, 0.25) is 0 Å². The van der Waals surface area contributed by atoms with E-state index in [9.17, 15) is 4.79 Å². The molecule has 0 saturated carbocycles. The number of nitrogens with two attached hydrogens (primary N) is 1. The summed E-state index contributed by atoms with van der Waals surface area (Å²) in [6.45, 7) is 1.54. The van der Waals surface area contributed by atoms with Crippen LogP contribution in [0.15, 0.2) is 36.9 Å². The quantitative estimate of drug-likeness (QED) is 0.871. The number of amides is 1. The molecule has 0 aliphatic carbocycles. The van der Waals surface area contributed by atoms with Gasteiger partial charge in [0.1, 0.15) is 12.7 Å². The Morgan fingerprint density at radius 1 is 1.36 bits per heavy atom. The van der Waals surface area contributed by atoms with Crippen LogP contribution in [-0.4, -0.2) is 38.7 Å². The van der Waals surface area contributed by atoms with E-state index in [1.54, 1.807) is 12.7 Å². The van der Waals surface area contributed by atoms with Gasteiger partial charge < -0.3 is 10.6 Å². The zero-order valence-corrected chi connectivity index (χ0v) is 12.6. The van der Waals surface area contributed by atoms with Crippen molar-refractivity contribution < 1.29 is 4.79 Å². The molecule has 0 spiro atoms. The fourth-order valence-electron chi connectivity index (χ4n) is 2.96. The Balaban J connectivity index is 1.57. The molecule has 6 heteroatoms. The van der Waals surface area contributed by atoms with Crippen molar-refractivity contribution >= 4 is 11.6 Å². The summed E-state index contributed by atoms with van der Waals surface area (Å²) in [4.78, 5) is 18.4. The van der Waals surface area contributed by atoms with Crippen molar-refractivity contribution in [2.45, 2.75) is 31.7 Å². The molecule has 1 aliphatic heterocycles.